The van der Waals surface area contributed by atoms with Crippen molar-refractivity contribution in [3.63, 3.8) is 0 Å². The number of hydrogen-bond donors (Lipinski definition) is 2. The van der Waals surface area contributed by atoms with Crippen LogP contribution < -0.4 is 5.73 Å². The summed E-state index contributed by atoms with van der Waals surface area (Å²) in [5.74, 6) is 4.91. The first-order valence-corrected chi connectivity index (χ1v) is 4.70. The van der Waals surface area contributed by atoms with Crippen LogP contribution in [0.4, 0.5) is 0 Å². The van der Waals surface area contributed by atoms with Gasteiger partial charge in [0.05, 0.1) is 6.42 Å². The van der Waals surface area contributed by atoms with Gasteiger partial charge in [0.2, 0.25) is 0 Å². The maximum absolute atomic E-state index is 10.3. The van der Waals surface area contributed by atoms with Crippen LogP contribution in [0.15, 0.2) is 30.3 Å². The third kappa shape index (κ3) is 4.84. The van der Waals surface area contributed by atoms with Crippen molar-refractivity contribution in [2.45, 2.75) is 18.9 Å². The van der Waals surface area contributed by atoms with Crippen LogP contribution in [0.3, 0.4) is 0 Å². The predicted molar refractivity (Wildman–Crippen MR) is 58.2 cm³/mol. The molecule has 0 saturated carbocycles. The Morgan fingerprint density at radius 1 is 1.40 bits per heavy atom. The highest BCUT2D eigenvalue weighted by atomic mass is 16.4. The van der Waals surface area contributed by atoms with Crippen molar-refractivity contribution in [1.29, 1.82) is 0 Å². The van der Waals surface area contributed by atoms with Crippen molar-refractivity contribution in [3.8, 4) is 11.8 Å². The zero-order chi connectivity index (χ0) is 11.1. The van der Waals surface area contributed by atoms with E-state index in [0.29, 0.717) is 6.42 Å². The van der Waals surface area contributed by atoms with Crippen molar-refractivity contribution in [2.24, 2.45) is 5.73 Å². The van der Waals surface area contributed by atoms with Gasteiger partial charge >= 0.3 is 5.97 Å². The average molecular weight is 203 g/mol. The predicted octanol–water partition coefficient (Wildman–Crippen LogP) is 1.23. The lowest BCUT2D eigenvalue weighted by Gasteiger charge is -2.01. The second-order valence-electron chi connectivity index (χ2n) is 3.23. The number of carboxylic acids is 1. The molecule has 1 aromatic carbocycles. The normalized spacial score (nSPS) is 11.3. The van der Waals surface area contributed by atoms with Gasteiger partial charge in [0.25, 0.3) is 0 Å². The monoisotopic (exact) mass is 203 g/mol. The molecule has 3 N–H and O–H groups in total. The van der Waals surface area contributed by atoms with E-state index in [9.17, 15) is 4.79 Å². The van der Waals surface area contributed by atoms with E-state index in [0.717, 1.165) is 5.56 Å². The molecule has 78 valence electrons. The highest BCUT2D eigenvalue weighted by Crippen LogP contribution is 1.97. The van der Waals surface area contributed by atoms with E-state index in [-0.39, 0.29) is 6.42 Å². The van der Waals surface area contributed by atoms with Crippen LogP contribution in [0.5, 0.6) is 0 Å². The number of hydrogen-bond acceptors (Lipinski definition) is 2. The summed E-state index contributed by atoms with van der Waals surface area (Å²) >= 11 is 0. The first kappa shape index (κ1) is 11.3. The minimum Gasteiger partial charge on any atom is -0.481 e. The van der Waals surface area contributed by atoms with E-state index in [1.165, 1.54) is 0 Å². The van der Waals surface area contributed by atoms with Gasteiger partial charge in [-0.15, -0.1) is 0 Å². The maximum atomic E-state index is 10.3. The highest BCUT2D eigenvalue weighted by molar-refractivity contribution is 5.67. The molecule has 15 heavy (non-hydrogen) atoms. The summed E-state index contributed by atoms with van der Waals surface area (Å²) < 4.78 is 0. The van der Waals surface area contributed by atoms with E-state index >= 15 is 0 Å². The number of benzene rings is 1. The van der Waals surface area contributed by atoms with E-state index in [1.807, 2.05) is 30.3 Å². The molecule has 0 amide bonds. The third-order valence-electron chi connectivity index (χ3n) is 1.81. The van der Waals surface area contributed by atoms with Gasteiger partial charge in [0.15, 0.2) is 0 Å². The summed E-state index contributed by atoms with van der Waals surface area (Å²) in [6.45, 7) is 0. The van der Waals surface area contributed by atoms with Gasteiger partial charge in [-0.2, -0.15) is 0 Å². The van der Waals surface area contributed by atoms with Crippen molar-refractivity contribution in [1.82, 2.24) is 0 Å². The summed E-state index contributed by atoms with van der Waals surface area (Å²) in [5.41, 5.74) is 6.47. The molecule has 0 bridgehead atoms. The van der Waals surface area contributed by atoms with Crippen molar-refractivity contribution < 1.29 is 9.90 Å². The van der Waals surface area contributed by atoms with Gasteiger partial charge in [-0.25, -0.2) is 0 Å². The lowest BCUT2D eigenvalue weighted by molar-refractivity contribution is -0.137. The van der Waals surface area contributed by atoms with Gasteiger partial charge < -0.3 is 10.8 Å². The van der Waals surface area contributed by atoms with Gasteiger partial charge in [0, 0.05) is 18.0 Å². The fourth-order valence-corrected chi connectivity index (χ4v) is 1.10. The second kappa shape index (κ2) is 5.84. The molecule has 0 aliphatic carbocycles. The number of carbonyl (C=O) groups is 1. The summed E-state index contributed by atoms with van der Waals surface area (Å²) in [7, 11) is 0. The van der Waals surface area contributed by atoms with Crippen molar-refractivity contribution >= 4 is 5.97 Å². The van der Waals surface area contributed by atoms with E-state index in [4.69, 9.17) is 10.8 Å². The van der Waals surface area contributed by atoms with Crippen LogP contribution in [0.25, 0.3) is 0 Å². The van der Waals surface area contributed by atoms with Crippen molar-refractivity contribution in [2.75, 3.05) is 0 Å². The maximum Gasteiger partial charge on any atom is 0.304 e. The fourth-order valence-electron chi connectivity index (χ4n) is 1.10. The Hall–Kier alpha value is -1.79. The molecule has 0 fully saturated rings. The topological polar surface area (TPSA) is 63.3 Å². The lowest BCUT2D eigenvalue weighted by Crippen LogP contribution is -2.22. The highest BCUT2D eigenvalue weighted by Gasteiger charge is 2.05. The smallest absolute Gasteiger partial charge is 0.304 e. The molecule has 0 aromatic heterocycles. The Morgan fingerprint density at radius 2 is 2.07 bits per heavy atom. The van der Waals surface area contributed by atoms with E-state index in [2.05, 4.69) is 11.8 Å². The van der Waals surface area contributed by atoms with Crippen LogP contribution in [0.2, 0.25) is 0 Å². The zero-order valence-electron chi connectivity index (χ0n) is 8.31. The number of carboxylic acid groups (broad SMARTS) is 1. The van der Waals surface area contributed by atoms with Crippen LogP contribution in [0.1, 0.15) is 18.4 Å². The van der Waals surface area contributed by atoms with E-state index in [1.54, 1.807) is 0 Å². The largest absolute Gasteiger partial charge is 0.481 e. The minimum atomic E-state index is -0.885. The third-order valence-corrected chi connectivity index (χ3v) is 1.81. The lowest BCUT2D eigenvalue weighted by atomic mass is 10.1. The number of aliphatic carboxylic acids is 1. The molecule has 0 unspecified atom stereocenters. The minimum absolute atomic E-state index is 0.0382. The molecule has 0 saturated heterocycles. The molecule has 0 radical (unpaired) electrons. The molecule has 1 rings (SSSR count). The molecular weight excluding hydrogens is 190 g/mol. The first-order chi connectivity index (χ1) is 7.18. The van der Waals surface area contributed by atoms with Crippen molar-refractivity contribution in [3.05, 3.63) is 35.9 Å². The SMILES string of the molecule is N[C@@H](CC#Cc1ccccc1)CC(=O)O. The number of nitrogens with two attached hydrogens (primary N) is 1. The van der Waals surface area contributed by atoms with Crippen LogP contribution in [-0.2, 0) is 4.79 Å². The molecule has 0 heterocycles. The summed E-state index contributed by atoms with van der Waals surface area (Å²) in [6.07, 6.45) is 0.366. The average Bonchev–Trinajstić information content (AvgIpc) is 2.18. The zero-order valence-corrected chi connectivity index (χ0v) is 8.31. The summed E-state index contributed by atoms with van der Waals surface area (Å²) in [6, 6.07) is 9.13. The molecule has 1 atom stereocenters. The van der Waals surface area contributed by atoms with E-state index < -0.39 is 12.0 Å². The number of rotatable bonds is 3. The van der Waals surface area contributed by atoms with Gasteiger partial charge in [-0.1, -0.05) is 30.0 Å². The Balaban J connectivity index is 2.43. The van der Waals surface area contributed by atoms with Crippen LogP contribution in [-0.4, -0.2) is 17.1 Å². The van der Waals surface area contributed by atoms with Gasteiger partial charge in [-0.3, -0.25) is 4.79 Å². The Labute approximate surface area is 88.9 Å². The molecule has 0 aliphatic rings. The molecule has 1 aromatic rings. The standard InChI is InChI=1S/C12H13NO2/c13-11(9-12(14)15)8-4-7-10-5-2-1-3-6-10/h1-3,5-6,11H,8-9,13H2,(H,14,15)/t11-/m0/s1. The van der Waals surface area contributed by atoms with Crippen LogP contribution in [0, 0.1) is 11.8 Å². The quantitative estimate of drug-likeness (QED) is 0.726. The van der Waals surface area contributed by atoms with Crippen LogP contribution >= 0.6 is 0 Å². The van der Waals surface area contributed by atoms with Gasteiger partial charge in [-0.05, 0) is 12.1 Å². The fraction of sp³-hybridized carbons (Fsp3) is 0.250. The Kier molecular flexibility index (Phi) is 4.39. The second-order valence-corrected chi connectivity index (χ2v) is 3.23. The summed E-state index contributed by atoms with van der Waals surface area (Å²) in [4.78, 5) is 10.3. The summed E-state index contributed by atoms with van der Waals surface area (Å²) in [5, 5.41) is 8.47. The molecule has 3 heteroatoms. The molecule has 3 nitrogen and oxygen atoms in total. The molecule has 0 spiro atoms. The Bertz CT molecular complexity index is 376. The molecular formula is C12H13NO2. The Morgan fingerprint density at radius 3 is 2.67 bits per heavy atom. The first-order valence-electron chi connectivity index (χ1n) is 4.70. The van der Waals surface area contributed by atoms with Gasteiger partial charge in [0.1, 0.15) is 0 Å². The molecule has 0 aliphatic heterocycles.